The minimum Gasteiger partial charge on any atom is -0.324 e. The number of hydrogen-bond donors (Lipinski definition) is 1. The summed E-state index contributed by atoms with van der Waals surface area (Å²) in [5, 5.41) is 13.6. The van der Waals surface area contributed by atoms with Crippen LogP contribution in [0, 0.1) is 24.0 Å². The molecule has 1 aromatic heterocycles. The zero-order valence-corrected chi connectivity index (χ0v) is 13.1. The average molecular weight is 315 g/mol. The summed E-state index contributed by atoms with van der Waals surface area (Å²) in [7, 11) is 0. The summed E-state index contributed by atoms with van der Waals surface area (Å²) in [4.78, 5) is 34.5. The summed E-state index contributed by atoms with van der Waals surface area (Å²) in [5.41, 5.74) is 1.90. The minimum absolute atomic E-state index is 0.240. The van der Waals surface area contributed by atoms with Crippen LogP contribution in [0.3, 0.4) is 0 Å². The zero-order chi connectivity index (χ0) is 17.1. The molecule has 1 N–H and O–H groups in total. The quantitative estimate of drug-likeness (QED) is 0.693. The smallest absolute Gasteiger partial charge is 0.285 e. The van der Waals surface area contributed by atoms with Crippen LogP contribution in [0.2, 0.25) is 0 Å². The Kier molecular flexibility index (Phi) is 4.59. The van der Waals surface area contributed by atoms with Gasteiger partial charge in [0.15, 0.2) is 0 Å². The first-order valence-electron chi connectivity index (χ1n) is 7.05. The SMILES string of the molecule is Cc1cccc(NC(=O)C(C)n2cc([N+](=O)[O-])ccc2=O)c1C. The van der Waals surface area contributed by atoms with Crippen LogP contribution < -0.4 is 10.9 Å². The number of benzene rings is 1. The Morgan fingerprint density at radius 3 is 2.61 bits per heavy atom. The lowest BCUT2D eigenvalue weighted by Crippen LogP contribution is -2.31. The molecule has 2 rings (SSSR count). The third kappa shape index (κ3) is 3.45. The molecule has 0 aliphatic rings. The number of carbonyl (C=O) groups excluding carboxylic acids is 1. The van der Waals surface area contributed by atoms with Gasteiger partial charge in [0.2, 0.25) is 5.91 Å². The molecule has 0 bridgehead atoms. The molecule has 1 heterocycles. The van der Waals surface area contributed by atoms with Gasteiger partial charge in [0.25, 0.3) is 11.2 Å². The molecule has 23 heavy (non-hydrogen) atoms. The van der Waals surface area contributed by atoms with E-state index in [2.05, 4.69) is 5.32 Å². The lowest BCUT2D eigenvalue weighted by molar-refractivity contribution is -0.385. The van der Waals surface area contributed by atoms with Crippen molar-refractivity contribution in [2.75, 3.05) is 5.32 Å². The van der Waals surface area contributed by atoms with E-state index in [4.69, 9.17) is 0 Å². The lowest BCUT2D eigenvalue weighted by atomic mass is 10.1. The minimum atomic E-state index is -0.873. The van der Waals surface area contributed by atoms with E-state index in [1.54, 1.807) is 6.07 Å². The largest absolute Gasteiger partial charge is 0.324 e. The second-order valence-corrected chi connectivity index (χ2v) is 5.30. The van der Waals surface area contributed by atoms with Crippen molar-refractivity contribution < 1.29 is 9.72 Å². The second kappa shape index (κ2) is 6.43. The van der Waals surface area contributed by atoms with E-state index in [1.807, 2.05) is 26.0 Å². The van der Waals surface area contributed by atoms with Crippen molar-refractivity contribution in [3.63, 3.8) is 0 Å². The maximum absolute atomic E-state index is 12.4. The van der Waals surface area contributed by atoms with E-state index >= 15 is 0 Å². The van der Waals surface area contributed by atoms with Gasteiger partial charge < -0.3 is 5.32 Å². The molecule has 1 unspecified atom stereocenters. The number of amides is 1. The van der Waals surface area contributed by atoms with Crippen molar-refractivity contribution in [1.82, 2.24) is 4.57 Å². The van der Waals surface area contributed by atoms with E-state index < -0.39 is 22.4 Å². The standard InChI is InChI=1S/C16H17N3O4/c1-10-5-4-6-14(11(10)2)17-16(21)12(3)18-9-13(19(22)23)7-8-15(18)20/h4-9,12H,1-3H3,(H,17,21). The van der Waals surface area contributed by atoms with Crippen molar-refractivity contribution in [2.45, 2.75) is 26.8 Å². The molecule has 0 spiro atoms. The van der Waals surface area contributed by atoms with Crippen LogP contribution in [0.1, 0.15) is 24.1 Å². The molecule has 1 amide bonds. The Hall–Kier alpha value is -2.96. The van der Waals surface area contributed by atoms with Gasteiger partial charge in [-0.05, 0) is 38.0 Å². The molecule has 7 heteroatoms. The Labute approximate surface area is 132 Å². The van der Waals surface area contributed by atoms with E-state index in [1.165, 1.54) is 6.92 Å². The first kappa shape index (κ1) is 16.4. The molecule has 0 saturated carbocycles. The number of pyridine rings is 1. The van der Waals surface area contributed by atoms with Gasteiger partial charge in [-0.1, -0.05) is 12.1 Å². The van der Waals surface area contributed by atoms with E-state index in [0.717, 1.165) is 34.0 Å². The van der Waals surface area contributed by atoms with Gasteiger partial charge in [0.1, 0.15) is 6.04 Å². The predicted molar refractivity (Wildman–Crippen MR) is 86.6 cm³/mol. The van der Waals surface area contributed by atoms with Crippen molar-refractivity contribution in [3.8, 4) is 0 Å². The van der Waals surface area contributed by atoms with Crippen LogP contribution in [0.25, 0.3) is 0 Å². The monoisotopic (exact) mass is 315 g/mol. The summed E-state index contributed by atoms with van der Waals surface area (Å²) >= 11 is 0. The number of anilines is 1. The number of hydrogen-bond acceptors (Lipinski definition) is 4. The Morgan fingerprint density at radius 1 is 1.26 bits per heavy atom. The fourth-order valence-corrected chi connectivity index (χ4v) is 2.15. The topological polar surface area (TPSA) is 94.2 Å². The molecule has 0 aliphatic carbocycles. The highest BCUT2D eigenvalue weighted by molar-refractivity contribution is 5.94. The summed E-state index contributed by atoms with van der Waals surface area (Å²) in [6.45, 7) is 5.33. The Morgan fingerprint density at radius 2 is 1.96 bits per heavy atom. The summed E-state index contributed by atoms with van der Waals surface area (Å²) in [5.74, 6) is -0.415. The number of nitrogens with one attached hydrogen (secondary N) is 1. The van der Waals surface area contributed by atoms with Crippen LogP contribution >= 0.6 is 0 Å². The highest BCUT2D eigenvalue weighted by atomic mass is 16.6. The molecule has 0 radical (unpaired) electrons. The van der Waals surface area contributed by atoms with Gasteiger partial charge in [-0.25, -0.2) is 0 Å². The van der Waals surface area contributed by atoms with E-state index in [-0.39, 0.29) is 5.69 Å². The number of carbonyl (C=O) groups is 1. The van der Waals surface area contributed by atoms with Gasteiger partial charge >= 0.3 is 0 Å². The second-order valence-electron chi connectivity index (χ2n) is 5.30. The number of aromatic nitrogens is 1. The Balaban J connectivity index is 2.30. The third-order valence-electron chi connectivity index (χ3n) is 3.79. The molecular weight excluding hydrogens is 298 g/mol. The van der Waals surface area contributed by atoms with Gasteiger partial charge in [-0.15, -0.1) is 0 Å². The number of nitro groups is 1. The molecule has 2 aromatic rings. The molecule has 0 saturated heterocycles. The van der Waals surface area contributed by atoms with Crippen molar-refractivity contribution in [1.29, 1.82) is 0 Å². The maximum atomic E-state index is 12.4. The lowest BCUT2D eigenvalue weighted by Gasteiger charge is -2.16. The summed E-state index contributed by atoms with van der Waals surface area (Å²) < 4.78 is 1.05. The fourth-order valence-electron chi connectivity index (χ4n) is 2.15. The third-order valence-corrected chi connectivity index (χ3v) is 3.79. The average Bonchev–Trinajstić information content (AvgIpc) is 2.51. The highest BCUT2D eigenvalue weighted by Crippen LogP contribution is 2.19. The van der Waals surface area contributed by atoms with Crippen molar-refractivity contribution in [3.05, 3.63) is 68.1 Å². The van der Waals surface area contributed by atoms with Gasteiger partial charge in [-0.3, -0.25) is 24.3 Å². The van der Waals surface area contributed by atoms with Crippen LogP contribution in [0.15, 0.2) is 41.3 Å². The molecule has 0 aliphatic heterocycles. The predicted octanol–water partition coefficient (Wildman–Crippen LogP) is 2.57. The first-order chi connectivity index (χ1) is 10.8. The van der Waals surface area contributed by atoms with E-state index in [9.17, 15) is 19.7 Å². The van der Waals surface area contributed by atoms with Crippen LogP contribution in [0.4, 0.5) is 11.4 Å². The van der Waals surface area contributed by atoms with Crippen molar-refractivity contribution in [2.24, 2.45) is 0 Å². The first-order valence-corrected chi connectivity index (χ1v) is 7.05. The van der Waals surface area contributed by atoms with Gasteiger partial charge in [0.05, 0.1) is 11.1 Å². The van der Waals surface area contributed by atoms with E-state index in [0.29, 0.717) is 5.69 Å². The number of rotatable bonds is 4. The summed E-state index contributed by atoms with van der Waals surface area (Å²) in [6.07, 6.45) is 1.08. The molecule has 1 atom stereocenters. The van der Waals surface area contributed by atoms with Crippen LogP contribution in [-0.4, -0.2) is 15.4 Å². The number of nitrogens with zero attached hydrogens (tertiary/aromatic N) is 2. The van der Waals surface area contributed by atoms with Crippen LogP contribution in [0.5, 0.6) is 0 Å². The maximum Gasteiger partial charge on any atom is 0.285 e. The highest BCUT2D eigenvalue weighted by Gasteiger charge is 2.19. The van der Waals surface area contributed by atoms with Crippen molar-refractivity contribution >= 4 is 17.3 Å². The van der Waals surface area contributed by atoms with Gasteiger partial charge in [-0.2, -0.15) is 0 Å². The number of aryl methyl sites for hydroxylation is 1. The van der Waals surface area contributed by atoms with Crippen LogP contribution in [-0.2, 0) is 4.79 Å². The molecule has 7 nitrogen and oxygen atoms in total. The normalized spacial score (nSPS) is 11.8. The zero-order valence-electron chi connectivity index (χ0n) is 13.1. The molecular formula is C16H17N3O4. The fraction of sp³-hybridized carbons (Fsp3) is 0.250. The van der Waals surface area contributed by atoms with Gasteiger partial charge in [0, 0.05) is 17.8 Å². The Bertz CT molecular complexity index is 826. The molecule has 120 valence electrons. The molecule has 0 fully saturated rings. The summed E-state index contributed by atoms with van der Waals surface area (Å²) in [6, 6.07) is 6.85. The molecule has 1 aromatic carbocycles.